The van der Waals surface area contributed by atoms with Crippen LogP contribution in [0.5, 0.6) is 0 Å². The summed E-state index contributed by atoms with van der Waals surface area (Å²) < 4.78 is 28.7. The maximum absolute atomic E-state index is 13.6. The Balaban J connectivity index is 2.08. The van der Waals surface area contributed by atoms with Gasteiger partial charge in [0.05, 0.1) is 12.2 Å². The van der Waals surface area contributed by atoms with Gasteiger partial charge in [0.1, 0.15) is 11.6 Å². The van der Waals surface area contributed by atoms with Crippen LogP contribution in [-0.4, -0.2) is 53.7 Å². The van der Waals surface area contributed by atoms with E-state index in [1.165, 1.54) is 35.0 Å². The number of allylic oxidation sites excluding steroid dienone is 2. The monoisotopic (exact) mass is 470 g/mol. The Kier molecular flexibility index (Phi) is 8.34. The van der Waals surface area contributed by atoms with Crippen LogP contribution in [0.25, 0.3) is 11.1 Å². The standard InChI is InChI=1S/C24H24F2N4O4/c1-30-24(27-28-29-30)21(12-10-19(31)14-20(32)11-13-22(33)34)23(15-2-6-17(25)7-3-15)16-4-8-18(26)9-5-16/h2-10,12,19-20,31-32H,11,13-14H2,1H3,(H,33,34). The van der Waals surface area contributed by atoms with Crippen molar-refractivity contribution < 1.29 is 28.9 Å². The van der Waals surface area contributed by atoms with E-state index in [-0.39, 0.29) is 19.3 Å². The minimum absolute atomic E-state index is 0.00649. The highest BCUT2D eigenvalue weighted by molar-refractivity contribution is 6.00. The number of hydrogen-bond acceptors (Lipinski definition) is 6. The topological polar surface area (TPSA) is 121 Å². The number of rotatable bonds is 10. The second-order valence-electron chi connectivity index (χ2n) is 7.68. The first-order valence-corrected chi connectivity index (χ1v) is 10.5. The summed E-state index contributed by atoms with van der Waals surface area (Å²) in [6.07, 6.45) is 0.620. The molecule has 34 heavy (non-hydrogen) atoms. The molecule has 10 heteroatoms. The third-order valence-corrected chi connectivity index (χ3v) is 5.09. The summed E-state index contributed by atoms with van der Waals surface area (Å²) in [7, 11) is 1.63. The fourth-order valence-electron chi connectivity index (χ4n) is 3.41. The molecule has 0 radical (unpaired) electrons. The molecule has 2 atom stereocenters. The second kappa shape index (κ2) is 11.4. The van der Waals surface area contributed by atoms with Crippen LogP contribution in [0, 0.1) is 11.6 Å². The number of hydrogen-bond donors (Lipinski definition) is 3. The lowest BCUT2D eigenvalue weighted by molar-refractivity contribution is -0.137. The number of aliphatic hydroxyl groups is 2. The van der Waals surface area contributed by atoms with Crippen molar-refractivity contribution in [1.29, 1.82) is 0 Å². The lowest BCUT2D eigenvalue weighted by atomic mass is 9.91. The number of tetrazole rings is 1. The lowest BCUT2D eigenvalue weighted by Gasteiger charge is -2.15. The maximum Gasteiger partial charge on any atom is 0.303 e. The molecule has 0 bridgehead atoms. The van der Waals surface area contributed by atoms with E-state index in [0.717, 1.165) is 0 Å². The van der Waals surface area contributed by atoms with Gasteiger partial charge < -0.3 is 15.3 Å². The minimum atomic E-state index is -1.09. The molecule has 3 N–H and O–H groups in total. The molecule has 0 saturated heterocycles. The minimum Gasteiger partial charge on any atom is -0.481 e. The van der Waals surface area contributed by atoms with E-state index in [4.69, 9.17) is 5.11 Å². The van der Waals surface area contributed by atoms with E-state index in [2.05, 4.69) is 15.5 Å². The summed E-state index contributed by atoms with van der Waals surface area (Å²) in [4.78, 5) is 10.7. The molecular weight excluding hydrogens is 446 g/mol. The molecule has 3 rings (SSSR count). The summed E-state index contributed by atoms with van der Waals surface area (Å²) >= 11 is 0. The Bertz CT molecular complexity index is 1130. The van der Waals surface area contributed by atoms with Crippen LogP contribution in [0.2, 0.25) is 0 Å². The average Bonchev–Trinajstić information content (AvgIpc) is 3.22. The fraction of sp³-hybridized carbons (Fsp3) is 0.250. The number of benzene rings is 2. The molecule has 178 valence electrons. The number of halogens is 2. The fourth-order valence-corrected chi connectivity index (χ4v) is 3.41. The van der Waals surface area contributed by atoms with Crippen molar-refractivity contribution in [2.45, 2.75) is 31.5 Å². The first-order valence-electron chi connectivity index (χ1n) is 10.5. The van der Waals surface area contributed by atoms with E-state index in [9.17, 15) is 23.8 Å². The van der Waals surface area contributed by atoms with Crippen molar-refractivity contribution >= 4 is 17.1 Å². The van der Waals surface area contributed by atoms with Gasteiger partial charge in [0.2, 0.25) is 0 Å². The van der Waals surface area contributed by atoms with E-state index in [0.29, 0.717) is 28.1 Å². The van der Waals surface area contributed by atoms with Gasteiger partial charge in [-0.05, 0) is 57.8 Å². The van der Waals surface area contributed by atoms with Crippen LogP contribution >= 0.6 is 0 Å². The summed E-state index contributed by atoms with van der Waals surface area (Å²) in [6.45, 7) is 0. The highest BCUT2D eigenvalue weighted by Crippen LogP contribution is 2.32. The largest absolute Gasteiger partial charge is 0.481 e. The number of carboxylic acid groups (broad SMARTS) is 1. The van der Waals surface area contributed by atoms with Gasteiger partial charge in [-0.1, -0.05) is 36.4 Å². The van der Waals surface area contributed by atoms with Crippen molar-refractivity contribution in [3.8, 4) is 0 Å². The quantitative estimate of drug-likeness (QED) is 0.390. The molecule has 0 spiro atoms. The number of nitrogens with zero attached hydrogens (tertiary/aromatic N) is 4. The lowest BCUT2D eigenvalue weighted by Crippen LogP contribution is -2.17. The number of aliphatic hydroxyl groups excluding tert-OH is 2. The predicted molar refractivity (Wildman–Crippen MR) is 120 cm³/mol. The molecule has 0 fully saturated rings. The molecule has 3 aromatic rings. The van der Waals surface area contributed by atoms with Crippen LogP contribution in [0.4, 0.5) is 8.78 Å². The van der Waals surface area contributed by atoms with Crippen LogP contribution in [0.15, 0.2) is 60.7 Å². The normalized spacial score (nSPS) is 13.1. The molecule has 0 amide bonds. The summed E-state index contributed by atoms with van der Waals surface area (Å²) in [6, 6.07) is 11.4. The van der Waals surface area contributed by atoms with Crippen molar-refractivity contribution in [3.05, 3.63) is 89.3 Å². The van der Waals surface area contributed by atoms with Gasteiger partial charge in [-0.3, -0.25) is 4.79 Å². The third-order valence-electron chi connectivity index (χ3n) is 5.09. The van der Waals surface area contributed by atoms with Crippen molar-refractivity contribution in [3.63, 3.8) is 0 Å². The molecule has 8 nitrogen and oxygen atoms in total. The van der Waals surface area contributed by atoms with E-state index >= 15 is 0 Å². The van der Waals surface area contributed by atoms with Gasteiger partial charge in [-0.25, -0.2) is 13.5 Å². The Labute approximate surface area is 194 Å². The number of aromatic nitrogens is 4. The zero-order valence-electron chi connectivity index (χ0n) is 18.3. The molecule has 0 aliphatic rings. The molecule has 2 aromatic carbocycles. The van der Waals surface area contributed by atoms with Crippen LogP contribution < -0.4 is 0 Å². The number of carbonyl (C=O) groups is 1. The predicted octanol–water partition coefficient (Wildman–Crippen LogP) is 2.98. The van der Waals surface area contributed by atoms with Gasteiger partial charge in [0, 0.05) is 25.5 Å². The summed E-state index contributed by atoms with van der Waals surface area (Å²) in [5.74, 6) is -1.55. The second-order valence-corrected chi connectivity index (χ2v) is 7.68. The molecule has 0 saturated carbocycles. The molecular formula is C24H24F2N4O4. The molecule has 0 aliphatic heterocycles. The number of aryl methyl sites for hydroxylation is 1. The van der Waals surface area contributed by atoms with Crippen LogP contribution in [-0.2, 0) is 11.8 Å². The summed E-state index contributed by atoms with van der Waals surface area (Å²) in [5.41, 5.74) is 2.23. The molecule has 1 heterocycles. The van der Waals surface area contributed by atoms with Crippen molar-refractivity contribution in [2.24, 2.45) is 7.05 Å². The Morgan fingerprint density at radius 2 is 1.59 bits per heavy atom. The molecule has 0 aliphatic carbocycles. The van der Waals surface area contributed by atoms with Gasteiger partial charge in [0.25, 0.3) is 0 Å². The average molecular weight is 470 g/mol. The van der Waals surface area contributed by atoms with Gasteiger partial charge in [-0.15, -0.1) is 5.10 Å². The van der Waals surface area contributed by atoms with E-state index in [1.807, 2.05) is 0 Å². The zero-order chi connectivity index (χ0) is 24.7. The van der Waals surface area contributed by atoms with Gasteiger partial charge in [-0.2, -0.15) is 0 Å². The maximum atomic E-state index is 13.6. The SMILES string of the molecule is Cn1nnnc1C(C=CC(O)CC(O)CCC(=O)O)=C(c1ccc(F)cc1)c1ccc(F)cc1. The van der Waals surface area contributed by atoms with E-state index < -0.39 is 29.8 Å². The molecule has 1 aromatic heterocycles. The Hall–Kier alpha value is -3.76. The van der Waals surface area contributed by atoms with Gasteiger partial charge >= 0.3 is 5.97 Å². The van der Waals surface area contributed by atoms with Crippen molar-refractivity contribution in [2.75, 3.05) is 0 Å². The zero-order valence-corrected chi connectivity index (χ0v) is 18.3. The van der Waals surface area contributed by atoms with Crippen molar-refractivity contribution in [1.82, 2.24) is 20.2 Å². The highest BCUT2D eigenvalue weighted by Gasteiger charge is 2.18. The van der Waals surface area contributed by atoms with Crippen LogP contribution in [0.3, 0.4) is 0 Å². The summed E-state index contributed by atoms with van der Waals surface area (Å²) in [5, 5.41) is 40.8. The Morgan fingerprint density at radius 1 is 1.03 bits per heavy atom. The van der Waals surface area contributed by atoms with Gasteiger partial charge in [0.15, 0.2) is 5.82 Å². The first kappa shape index (κ1) is 24.9. The third kappa shape index (κ3) is 6.63. The number of carboxylic acids is 1. The smallest absolute Gasteiger partial charge is 0.303 e. The highest BCUT2D eigenvalue weighted by atomic mass is 19.1. The van der Waals surface area contributed by atoms with Crippen LogP contribution in [0.1, 0.15) is 36.2 Å². The number of aliphatic carboxylic acids is 1. The first-order chi connectivity index (χ1) is 16.2. The Morgan fingerprint density at radius 3 is 2.06 bits per heavy atom. The van der Waals surface area contributed by atoms with E-state index in [1.54, 1.807) is 37.4 Å². The molecule has 2 unspecified atom stereocenters.